The van der Waals surface area contributed by atoms with Crippen molar-refractivity contribution in [2.24, 2.45) is 5.18 Å². The molecule has 0 fully saturated rings. The average Bonchev–Trinajstić information content (AvgIpc) is 2.75. The van der Waals surface area contributed by atoms with E-state index in [4.69, 9.17) is 0 Å². The summed E-state index contributed by atoms with van der Waals surface area (Å²) in [5, 5.41) is 3.79. The minimum atomic E-state index is -0.341. The molecule has 0 amide bonds. The summed E-state index contributed by atoms with van der Waals surface area (Å²) in [4.78, 5) is 24.7. The van der Waals surface area contributed by atoms with E-state index in [0.717, 1.165) is 5.39 Å². The topological polar surface area (TPSA) is 71.5 Å². The number of nitrogens with one attached hydrogen (secondary N) is 1. The van der Waals surface area contributed by atoms with Crippen LogP contribution in [0.25, 0.3) is 10.9 Å². The number of nitrogens with zero attached hydrogens (tertiary/aromatic N) is 1. The zero-order valence-electron chi connectivity index (χ0n) is 8.69. The molecule has 0 bridgehead atoms. The molecule has 0 unspecified atom stereocenters. The third-order valence-corrected chi connectivity index (χ3v) is 2.37. The van der Waals surface area contributed by atoms with Crippen molar-refractivity contribution >= 4 is 22.6 Å². The highest BCUT2D eigenvalue weighted by Gasteiger charge is 2.08. The first-order valence-electron chi connectivity index (χ1n) is 4.75. The Balaban J connectivity index is 2.47. The normalized spacial score (nSPS) is 10.3. The van der Waals surface area contributed by atoms with Crippen LogP contribution in [0, 0.1) is 4.91 Å². The second-order valence-corrected chi connectivity index (χ2v) is 3.40. The van der Waals surface area contributed by atoms with E-state index >= 15 is 0 Å². The summed E-state index contributed by atoms with van der Waals surface area (Å²) < 4.78 is 4.57. The van der Waals surface area contributed by atoms with Gasteiger partial charge in [-0.1, -0.05) is 0 Å². The van der Waals surface area contributed by atoms with E-state index in [2.05, 4.69) is 14.9 Å². The van der Waals surface area contributed by atoms with Gasteiger partial charge in [0.25, 0.3) is 0 Å². The first kappa shape index (κ1) is 10.4. The number of H-pyrrole nitrogens is 1. The Bertz CT molecular complexity index is 545. The lowest BCUT2D eigenvalue weighted by molar-refractivity contribution is -0.139. The van der Waals surface area contributed by atoms with E-state index in [-0.39, 0.29) is 12.4 Å². The standard InChI is InChI=1S/C11H10N2O3/c1-16-10(14)6-7-4-8-2-3-12-11(8)9(5-7)13-15/h2-5,12H,6H2,1H3. The number of aromatic amines is 1. The number of methoxy groups -OCH3 is 1. The van der Waals surface area contributed by atoms with Crippen molar-refractivity contribution in [1.29, 1.82) is 0 Å². The average molecular weight is 218 g/mol. The maximum absolute atomic E-state index is 11.1. The number of carbonyl (C=O) groups is 1. The molecule has 1 N–H and O–H groups in total. The van der Waals surface area contributed by atoms with Crippen LogP contribution >= 0.6 is 0 Å². The van der Waals surface area contributed by atoms with Gasteiger partial charge in [0.05, 0.1) is 19.0 Å². The van der Waals surface area contributed by atoms with Gasteiger partial charge in [0.1, 0.15) is 5.69 Å². The van der Waals surface area contributed by atoms with Gasteiger partial charge in [-0.25, -0.2) is 0 Å². The zero-order valence-corrected chi connectivity index (χ0v) is 8.69. The molecule has 0 atom stereocenters. The zero-order chi connectivity index (χ0) is 11.5. The predicted octanol–water partition coefficient (Wildman–Crippen LogP) is 2.28. The van der Waals surface area contributed by atoms with Crippen LogP contribution in [0.1, 0.15) is 5.56 Å². The van der Waals surface area contributed by atoms with Crippen LogP contribution in [-0.2, 0) is 16.0 Å². The summed E-state index contributed by atoms with van der Waals surface area (Å²) in [5.41, 5.74) is 1.71. The lowest BCUT2D eigenvalue weighted by Crippen LogP contribution is -2.04. The van der Waals surface area contributed by atoms with Gasteiger partial charge < -0.3 is 9.72 Å². The number of benzene rings is 1. The van der Waals surface area contributed by atoms with Gasteiger partial charge in [0, 0.05) is 11.6 Å². The largest absolute Gasteiger partial charge is 0.469 e. The minimum absolute atomic E-state index is 0.139. The monoisotopic (exact) mass is 218 g/mol. The molecule has 2 aromatic rings. The van der Waals surface area contributed by atoms with Crippen molar-refractivity contribution in [3.05, 3.63) is 34.9 Å². The van der Waals surface area contributed by atoms with Gasteiger partial charge in [-0.3, -0.25) is 4.79 Å². The van der Waals surface area contributed by atoms with Gasteiger partial charge in [-0.2, -0.15) is 0 Å². The third-order valence-electron chi connectivity index (χ3n) is 2.37. The third kappa shape index (κ3) is 1.79. The highest BCUT2D eigenvalue weighted by Crippen LogP contribution is 2.26. The molecule has 0 radical (unpaired) electrons. The summed E-state index contributed by atoms with van der Waals surface area (Å²) in [6, 6.07) is 5.24. The highest BCUT2D eigenvalue weighted by atomic mass is 16.5. The van der Waals surface area contributed by atoms with Crippen molar-refractivity contribution in [2.45, 2.75) is 6.42 Å². The van der Waals surface area contributed by atoms with Crippen molar-refractivity contribution < 1.29 is 9.53 Å². The fourth-order valence-electron chi connectivity index (χ4n) is 1.63. The second kappa shape index (κ2) is 4.14. The van der Waals surface area contributed by atoms with Crippen LogP contribution in [0.3, 0.4) is 0 Å². The van der Waals surface area contributed by atoms with Gasteiger partial charge in [-0.15, -0.1) is 4.91 Å². The molecule has 1 heterocycles. The number of hydrogen-bond donors (Lipinski definition) is 1. The van der Waals surface area contributed by atoms with Gasteiger partial charge >= 0.3 is 5.97 Å². The molecule has 0 aliphatic rings. The Morgan fingerprint density at radius 3 is 3.00 bits per heavy atom. The minimum Gasteiger partial charge on any atom is -0.469 e. The summed E-state index contributed by atoms with van der Waals surface area (Å²) in [6.45, 7) is 0. The van der Waals surface area contributed by atoms with Crippen LogP contribution in [0.5, 0.6) is 0 Å². The van der Waals surface area contributed by atoms with Gasteiger partial charge in [-0.05, 0) is 28.9 Å². The fraction of sp³-hybridized carbons (Fsp3) is 0.182. The summed E-state index contributed by atoms with van der Waals surface area (Å²) in [6.07, 6.45) is 1.86. The molecule has 0 spiro atoms. The SMILES string of the molecule is COC(=O)Cc1cc(N=O)c2[nH]ccc2c1. The quantitative estimate of drug-likeness (QED) is 0.634. The van der Waals surface area contributed by atoms with Crippen molar-refractivity contribution in [3.8, 4) is 0 Å². The van der Waals surface area contributed by atoms with Crippen LogP contribution in [-0.4, -0.2) is 18.1 Å². The number of rotatable bonds is 3. The molecule has 1 aromatic carbocycles. The molecule has 2 rings (SSSR count). The number of esters is 1. The van der Waals surface area contributed by atoms with E-state index in [9.17, 15) is 9.70 Å². The Hall–Kier alpha value is -2.17. The number of carbonyl (C=O) groups excluding carboxylic acids is 1. The second-order valence-electron chi connectivity index (χ2n) is 3.40. The predicted molar refractivity (Wildman–Crippen MR) is 59.5 cm³/mol. The van der Waals surface area contributed by atoms with Crippen LogP contribution in [0.2, 0.25) is 0 Å². The summed E-state index contributed by atoms with van der Waals surface area (Å²) in [5.74, 6) is -0.341. The first-order valence-corrected chi connectivity index (χ1v) is 4.75. The molecule has 0 saturated heterocycles. The number of nitroso groups, excluding NO2 is 1. The molecule has 0 aliphatic heterocycles. The smallest absolute Gasteiger partial charge is 0.309 e. The molecule has 82 valence electrons. The Kier molecular flexibility index (Phi) is 2.68. The fourth-order valence-corrected chi connectivity index (χ4v) is 1.63. The molecule has 0 saturated carbocycles. The van der Waals surface area contributed by atoms with Crippen LogP contribution in [0.15, 0.2) is 29.6 Å². The molecular formula is C11H10N2O3. The lowest BCUT2D eigenvalue weighted by atomic mass is 10.1. The van der Waals surface area contributed by atoms with Crippen molar-refractivity contribution in [3.63, 3.8) is 0 Å². The molecule has 16 heavy (non-hydrogen) atoms. The highest BCUT2D eigenvalue weighted by molar-refractivity contribution is 5.91. The van der Waals surface area contributed by atoms with Crippen molar-refractivity contribution in [2.75, 3.05) is 7.11 Å². The van der Waals surface area contributed by atoms with E-state index in [1.807, 2.05) is 12.1 Å². The maximum atomic E-state index is 11.1. The number of hydrogen-bond acceptors (Lipinski definition) is 4. The number of fused-ring (bicyclic) bond motifs is 1. The number of aromatic nitrogens is 1. The summed E-state index contributed by atoms with van der Waals surface area (Å²) in [7, 11) is 1.33. The van der Waals surface area contributed by atoms with Crippen molar-refractivity contribution in [1.82, 2.24) is 4.98 Å². The lowest BCUT2D eigenvalue weighted by Gasteiger charge is -2.01. The molecule has 5 nitrogen and oxygen atoms in total. The molecule has 5 heteroatoms. The number of ether oxygens (including phenoxy) is 1. The molecule has 1 aromatic heterocycles. The Labute approximate surface area is 91.4 Å². The van der Waals surface area contributed by atoms with E-state index in [1.54, 1.807) is 12.3 Å². The van der Waals surface area contributed by atoms with Gasteiger partial charge in [0.2, 0.25) is 0 Å². The Morgan fingerprint density at radius 1 is 1.50 bits per heavy atom. The molecular weight excluding hydrogens is 208 g/mol. The van der Waals surface area contributed by atoms with E-state index in [0.29, 0.717) is 16.8 Å². The van der Waals surface area contributed by atoms with Crippen LogP contribution in [0.4, 0.5) is 5.69 Å². The molecule has 0 aliphatic carbocycles. The van der Waals surface area contributed by atoms with Gasteiger partial charge in [0.15, 0.2) is 0 Å². The van der Waals surface area contributed by atoms with E-state index < -0.39 is 0 Å². The van der Waals surface area contributed by atoms with E-state index in [1.165, 1.54) is 7.11 Å². The maximum Gasteiger partial charge on any atom is 0.309 e. The summed E-state index contributed by atoms with van der Waals surface area (Å²) >= 11 is 0. The van der Waals surface area contributed by atoms with Crippen LogP contribution < -0.4 is 0 Å². The Morgan fingerprint density at radius 2 is 2.31 bits per heavy atom. The first-order chi connectivity index (χ1) is 7.74.